The van der Waals surface area contributed by atoms with Crippen molar-refractivity contribution in [2.24, 2.45) is 5.73 Å². The summed E-state index contributed by atoms with van der Waals surface area (Å²) >= 11 is 0. The van der Waals surface area contributed by atoms with E-state index in [9.17, 15) is 9.59 Å². The average Bonchev–Trinajstić information content (AvgIpc) is 2.65. The van der Waals surface area contributed by atoms with Crippen molar-refractivity contribution in [2.75, 3.05) is 6.54 Å². The molecule has 82 valence electrons. The molecule has 1 aliphatic heterocycles. The van der Waals surface area contributed by atoms with Gasteiger partial charge in [0.15, 0.2) is 0 Å². The Kier molecular flexibility index (Phi) is 3.69. The average molecular weight is 210 g/mol. The number of rotatable bonds is 3. The number of nitrogens with two attached hydrogens (primary N) is 1. The van der Waals surface area contributed by atoms with Gasteiger partial charge in [0.05, 0.1) is 6.04 Å². The summed E-state index contributed by atoms with van der Waals surface area (Å²) in [6.07, 6.45) is 6.37. The monoisotopic (exact) mass is 210 g/mol. The fraction of sp³-hybridized carbons (Fsp3) is 0.600. The van der Waals surface area contributed by atoms with E-state index in [4.69, 9.17) is 17.3 Å². The number of hydrogen-bond donors (Lipinski definition) is 2. The molecule has 0 radical (unpaired) electrons. The molecule has 5 heteroatoms. The summed E-state index contributed by atoms with van der Waals surface area (Å²) in [5, 5.41) is 8.87. The van der Waals surface area contributed by atoms with Gasteiger partial charge in [-0.05, 0) is 12.8 Å². The molecule has 1 rings (SSSR count). The quantitative estimate of drug-likeness (QED) is 0.610. The molecule has 3 N–H and O–H groups in total. The minimum absolute atomic E-state index is 0.141. The Morgan fingerprint density at radius 3 is 2.87 bits per heavy atom. The molecule has 1 aliphatic rings. The third-order valence-corrected chi connectivity index (χ3v) is 2.48. The van der Waals surface area contributed by atoms with Crippen molar-refractivity contribution < 1.29 is 14.7 Å². The molecular weight excluding hydrogens is 196 g/mol. The Balaban J connectivity index is 2.67. The van der Waals surface area contributed by atoms with Crippen molar-refractivity contribution in [1.29, 1.82) is 0 Å². The van der Waals surface area contributed by atoms with Crippen LogP contribution in [0.1, 0.15) is 19.3 Å². The molecule has 0 spiro atoms. The van der Waals surface area contributed by atoms with Crippen LogP contribution in [0.25, 0.3) is 0 Å². The second kappa shape index (κ2) is 4.80. The molecule has 2 atom stereocenters. The van der Waals surface area contributed by atoms with Gasteiger partial charge in [-0.25, -0.2) is 4.79 Å². The van der Waals surface area contributed by atoms with E-state index < -0.39 is 18.1 Å². The first-order valence-corrected chi connectivity index (χ1v) is 4.80. The molecule has 0 aromatic carbocycles. The summed E-state index contributed by atoms with van der Waals surface area (Å²) < 4.78 is 0. The summed E-state index contributed by atoms with van der Waals surface area (Å²) in [5.74, 6) is 0.955. The number of terminal acetylenes is 1. The minimum atomic E-state index is -0.978. The number of nitrogens with zero attached hydrogens (tertiary/aromatic N) is 1. The number of amides is 1. The molecule has 1 amide bonds. The van der Waals surface area contributed by atoms with Gasteiger partial charge in [-0.15, -0.1) is 12.3 Å². The first kappa shape index (κ1) is 11.5. The van der Waals surface area contributed by atoms with E-state index in [1.54, 1.807) is 0 Å². The summed E-state index contributed by atoms with van der Waals surface area (Å²) in [7, 11) is 0. The Morgan fingerprint density at radius 1 is 1.67 bits per heavy atom. The van der Waals surface area contributed by atoms with Gasteiger partial charge in [0.25, 0.3) is 0 Å². The third kappa shape index (κ3) is 2.48. The minimum Gasteiger partial charge on any atom is -0.480 e. The molecule has 5 nitrogen and oxygen atoms in total. The summed E-state index contributed by atoms with van der Waals surface area (Å²) in [6.45, 7) is 0.452. The molecule has 0 saturated carbocycles. The summed E-state index contributed by atoms with van der Waals surface area (Å²) in [5.41, 5.74) is 5.54. The van der Waals surface area contributed by atoms with Gasteiger partial charge in [0, 0.05) is 13.0 Å². The zero-order valence-corrected chi connectivity index (χ0v) is 8.35. The zero-order chi connectivity index (χ0) is 11.4. The molecule has 15 heavy (non-hydrogen) atoms. The highest BCUT2D eigenvalue weighted by atomic mass is 16.4. The first-order chi connectivity index (χ1) is 7.07. The van der Waals surface area contributed by atoms with Gasteiger partial charge in [0.1, 0.15) is 6.04 Å². The molecule has 2 unspecified atom stereocenters. The molecule has 0 aromatic rings. The lowest BCUT2D eigenvalue weighted by atomic mass is 10.1. The maximum absolute atomic E-state index is 11.7. The Morgan fingerprint density at radius 2 is 2.33 bits per heavy atom. The van der Waals surface area contributed by atoms with E-state index >= 15 is 0 Å². The van der Waals surface area contributed by atoms with Crippen LogP contribution in [0.5, 0.6) is 0 Å². The highest BCUT2D eigenvalue weighted by molar-refractivity contribution is 5.87. The molecule has 0 bridgehead atoms. The number of carboxylic acid groups (broad SMARTS) is 1. The zero-order valence-electron chi connectivity index (χ0n) is 8.35. The lowest BCUT2D eigenvalue weighted by molar-refractivity contribution is -0.148. The SMILES string of the molecule is C#CCC(N)C(=O)N1CCCC1C(=O)O. The Hall–Kier alpha value is -1.54. The van der Waals surface area contributed by atoms with Crippen LogP contribution in [0.3, 0.4) is 0 Å². The lowest BCUT2D eigenvalue weighted by Gasteiger charge is -2.23. The van der Waals surface area contributed by atoms with Crippen LogP contribution < -0.4 is 5.73 Å². The van der Waals surface area contributed by atoms with E-state index in [1.165, 1.54) is 4.90 Å². The van der Waals surface area contributed by atoms with Gasteiger partial charge >= 0.3 is 5.97 Å². The van der Waals surface area contributed by atoms with E-state index in [0.717, 1.165) is 0 Å². The Bertz CT molecular complexity index is 308. The van der Waals surface area contributed by atoms with Crippen molar-refractivity contribution in [3.8, 4) is 12.3 Å². The number of carbonyl (C=O) groups excluding carboxylic acids is 1. The standard InChI is InChI=1S/C10H14N2O3/c1-2-4-7(11)9(13)12-6-3-5-8(12)10(14)15/h1,7-8H,3-6,11H2,(H,14,15). The first-order valence-electron chi connectivity index (χ1n) is 4.80. The molecular formula is C10H14N2O3. The van der Waals surface area contributed by atoms with E-state index in [0.29, 0.717) is 19.4 Å². The number of likely N-dealkylation sites (tertiary alicyclic amines) is 1. The van der Waals surface area contributed by atoms with Crippen LogP contribution in [0.15, 0.2) is 0 Å². The van der Waals surface area contributed by atoms with Crippen LogP contribution in [-0.2, 0) is 9.59 Å². The van der Waals surface area contributed by atoms with Crippen LogP contribution in [-0.4, -0.2) is 40.5 Å². The van der Waals surface area contributed by atoms with E-state index in [1.807, 2.05) is 0 Å². The largest absolute Gasteiger partial charge is 0.480 e. The molecule has 0 aliphatic carbocycles. The van der Waals surface area contributed by atoms with Crippen molar-refractivity contribution in [1.82, 2.24) is 4.90 Å². The number of carbonyl (C=O) groups is 2. The highest BCUT2D eigenvalue weighted by Gasteiger charge is 2.35. The van der Waals surface area contributed by atoms with Gasteiger partial charge < -0.3 is 15.7 Å². The second-order valence-electron chi connectivity index (χ2n) is 3.54. The highest BCUT2D eigenvalue weighted by Crippen LogP contribution is 2.18. The normalized spacial score (nSPS) is 22.1. The van der Waals surface area contributed by atoms with Crippen LogP contribution in [0, 0.1) is 12.3 Å². The molecule has 1 fully saturated rings. The van der Waals surface area contributed by atoms with Crippen molar-refractivity contribution in [3.63, 3.8) is 0 Å². The maximum atomic E-state index is 11.7. The van der Waals surface area contributed by atoms with Crippen LogP contribution in [0.2, 0.25) is 0 Å². The predicted molar refractivity (Wildman–Crippen MR) is 53.8 cm³/mol. The van der Waals surface area contributed by atoms with Crippen molar-refractivity contribution >= 4 is 11.9 Å². The fourth-order valence-electron chi connectivity index (χ4n) is 1.71. The molecule has 1 saturated heterocycles. The van der Waals surface area contributed by atoms with Gasteiger partial charge in [-0.1, -0.05) is 0 Å². The second-order valence-corrected chi connectivity index (χ2v) is 3.54. The van der Waals surface area contributed by atoms with Crippen LogP contribution >= 0.6 is 0 Å². The van der Waals surface area contributed by atoms with Crippen LogP contribution in [0.4, 0.5) is 0 Å². The lowest BCUT2D eigenvalue weighted by Crippen LogP contribution is -2.48. The number of aliphatic carboxylic acids is 1. The summed E-state index contributed by atoms with van der Waals surface area (Å²) in [6, 6.07) is -1.52. The smallest absolute Gasteiger partial charge is 0.326 e. The summed E-state index contributed by atoms with van der Waals surface area (Å²) in [4.78, 5) is 23.8. The predicted octanol–water partition coefficient (Wildman–Crippen LogP) is -0.587. The van der Waals surface area contributed by atoms with Gasteiger partial charge in [-0.2, -0.15) is 0 Å². The van der Waals surface area contributed by atoms with Crippen molar-refractivity contribution in [2.45, 2.75) is 31.3 Å². The maximum Gasteiger partial charge on any atom is 0.326 e. The fourth-order valence-corrected chi connectivity index (χ4v) is 1.71. The van der Waals surface area contributed by atoms with E-state index in [-0.39, 0.29) is 12.3 Å². The van der Waals surface area contributed by atoms with Gasteiger partial charge in [-0.3, -0.25) is 4.79 Å². The Labute approximate surface area is 88.2 Å². The topological polar surface area (TPSA) is 83.6 Å². The molecule has 0 aromatic heterocycles. The van der Waals surface area contributed by atoms with Crippen molar-refractivity contribution in [3.05, 3.63) is 0 Å². The molecule has 1 heterocycles. The van der Waals surface area contributed by atoms with E-state index in [2.05, 4.69) is 5.92 Å². The number of hydrogen-bond acceptors (Lipinski definition) is 3. The van der Waals surface area contributed by atoms with Gasteiger partial charge in [0.2, 0.25) is 5.91 Å². The third-order valence-electron chi connectivity index (χ3n) is 2.48. The number of carboxylic acids is 1.